The maximum atomic E-state index is 6.47. The van der Waals surface area contributed by atoms with Crippen LogP contribution < -0.4 is 0 Å². The number of hydrogen-bond acceptors (Lipinski definition) is 4. The van der Waals surface area contributed by atoms with Crippen molar-refractivity contribution >= 4 is 75.7 Å². The Hall–Kier alpha value is -7.44. The molecule has 12 aromatic rings. The number of halogens is 1. The second-order valence-electron chi connectivity index (χ2n) is 15.4. The van der Waals surface area contributed by atoms with E-state index in [1.54, 1.807) is 0 Å². The summed E-state index contributed by atoms with van der Waals surface area (Å²) in [5.74, 6) is 1.08. The molecule has 4 nitrogen and oxygen atoms in total. The van der Waals surface area contributed by atoms with Crippen molar-refractivity contribution in [2.24, 2.45) is 0 Å². The zero-order chi connectivity index (χ0) is 40.4. The Kier molecular flexibility index (Phi) is 8.37. The molecule has 0 aliphatic carbocycles. The van der Waals surface area contributed by atoms with Gasteiger partial charge in [-0.1, -0.05) is 182 Å². The highest BCUT2D eigenvalue weighted by Gasteiger charge is 2.16. The molecule has 1 N–H and O–H groups in total. The molecule has 0 fully saturated rings. The molecule has 0 radical (unpaired) electrons. The average Bonchev–Trinajstić information content (AvgIpc) is 3.90. The number of aromatic amines is 1. The predicted molar refractivity (Wildman–Crippen MR) is 257 cm³/mol. The van der Waals surface area contributed by atoms with Gasteiger partial charge in [0.15, 0.2) is 11.6 Å². The Balaban J connectivity index is 0.857. The molecule has 0 saturated heterocycles. The molecule has 12 rings (SSSR count). The number of fused-ring (bicyclic) bond motifs is 8. The van der Waals surface area contributed by atoms with E-state index in [9.17, 15) is 0 Å². The van der Waals surface area contributed by atoms with E-state index in [-0.39, 0.29) is 5.28 Å². The highest BCUT2D eigenvalue weighted by Crippen LogP contribution is 2.43. The van der Waals surface area contributed by atoms with Gasteiger partial charge in [-0.3, -0.25) is 0 Å². The quantitative estimate of drug-likeness (QED) is 0.182. The van der Waals surface area contributed by atoms with Crippen LogP contribution in [0.2, 0.25) is 5.28 Å². The van der Waals surface area contributed by atoms with Crippen LogP contribution >= 0.6 is 22.9 Å². The van der Waals surface area contributed by atoms with Crippen molar-refractivity contribution in [3.8, 4) is 67.3 Å². The van der Waals surface area contributed by atoms with Crippen LogP contribution in [0.15, 0.2) is 194 Å². The highest BCUT2D eigenvalue weighted by molar-refractivity contribution is 7.26. The number of para-hydroxylation sites is 1. The second kappa shape index (κ2) is 14.4. The Morgan fingerprint density at radius 2 is 0.902 bits per heavy atom. The molecule has 0 aliphatic rings. The largest absolute Gasteiger partial charge is 0.353 e. The summed E-state index contributed by atoms with van der Waals surface area (Å²) in [7, 11) is 0. The lowest BCUT2D eigenvalue weighted by molar-refractivity contribution is 1.07. The minimum atomic E-state index is 0.163. The van der Waals surface area contributed by atoms with Gasteiger partial charge in [-0.25, -0.2) is 4.98 Å². The minimum Gasteiger partial charge on any atom is -0.353 e. The van der Waals surface area contributed by atoms with Gasteiger partial charge in [0, 0.05) is 53.0 Å². The smallest absolute Gasteiger partial charge is 0.226 e. The van der Waals surface area contributed by atoms with Gasteiger partial charge in [-0.05, 0) is 68.1 Å². The fourth-order valence-electron chi connectivity index (χ4n) is 8.83. The number of rotatable bonds is 6. The van der Waals surface area contributed by atoms with Crippen LogP contribution in [-0.4, -0.2) is 19.9 Å². The molecule has 9 aromatic carbocycles. The summed E-state index contributed by atoms with van der Waals surface area (Å²) in [4.78, 5) is 17.6. The van der Waals surface area contributed by atoms with Crippen molar-refractivity contribution in [3.05, 3.63) is 199 Å². The van der Waals surface area contributed by atoms with E-state index in [1.807, 2.05) is 41.7 Å². The Bertz CT molecular complexity index is 3650. The fourth-order valence-corrected chi connectivity index (χ4v) is 10.3. The molecule has 6 heteroatoms. The molecule has 3 aromatic heterocycles. The number of thiophene rings is 1. The first kappa shape index (κ1) is 35.5. The van der Waals surface area contributed by atoms with Gasteiger partial charge in [-0.15, -0.1) is 11.3 Å². The first-order valence-electron chi connectivity index (χ1n) is 20.3. The van der Waals surface area contributed by atoms with E-state index in [0.29, 0.717) is 11.6 Å². The molecule has 3 heterocycles. The van der Waals surface area contributed by atoms with Crippen molar-refractivity contribution in [2.45, 2.75) is 0 Å². The summed E-state index contributed by atoms with van der Waals surface area (Å²) in [6.07, 6.45) is 0. The summed E-state index contributed by atoms with van der Waals surface area (Å²) in [6, 6.07) is 69.0. The lowest BCUT2D eigenvalue weighted by Crippen LogP contribution is -1.97. The van der Waals surface area contributed by atoms with Gasteiger partial charge in [0.2, 0.25) is 5.28 Å². The number of hydrogen-bond donors (Lipinski definition) is 1. The normalized spacial score (nSPS) is 11.7. The van der Waals surface area contributed by atoms with Crippen molar-refractivity contribution in [1.82, 2.24) is 19.9 Å². The summed E-state index contributed by atoms with van der Waals surface area (Å²) < 4.78 is 2.56. The Morgan fingerprint density at radius 3 is 1.69 bits per heavy atom. The maximum absolute atomic E-state index is 6.47. The number of nitrogens with zero attached hydrogens (tertiary/aromatic N) is 3. The van der Waals surface area contributed by atoms with E-state index >= 15 is 0 Å². The van der Waals surface area contributed by atoms with Crippen LogP contribution in [0.3, 0.4) is 0 Å². The van der Waals surface area contributed by atoms with E-state index in [1.165, 1.54) is 75.0 Å². The Labute approximate surface area is 360 Å². The zero-order valence-electron chi connectivity index (χ0n) is 32.6. The molecule has 0 bridgehead atoms. The van der Waals surface area contributed by atoms with Crippen LogP contribution in [0.4, 0.5) is 0 Å². The summed E-state index contributed by atoms with van der Waals surface area (Å²) in [5, 5.41) is 7.70. The standard InChI is InChI=1S/C55H33ClN4S/c56-55-59-53(37-23-19-34(20-24-37)33-9-2-1-3-10-33)58-54(60-55)38-25-21-35(22-26-38)39-12-6-13-40(31-39)44-16-8-18-48-45-29-28-41(32-49(45)61-52(44)48)43-15-7-17-46-47-30-27-36-11-4-5-14-42(36)50(47)57-51(43)46/h1-32,57H. The third kappa shape index (κ3) is 6.17. The van der Waals surface area contributed by atoms with Gasteiger partial charge < -0.3 is 4.98 Å². The van der Waals surface area contributed by atoms with Crippen molar-refractivity contribution < 1.29 is 0 Å². The molecule has 0 aliphatic heterocycles. The summed E-state index contributed by atoms with van der Waals surface area (Å²) >= 11 is 8.34. The second-order valence-corrected chi connectivity index (χ2v) is 16.8. The minimum absolute atomic E-state index is 0.163. The van der Waals surface area contributed by atoms with Crippen LogP contribution in [0.25, 0.3) is 120 Å². The van der Waals surface area contributed by atoms with Crippen LogP contribution in [0, 0.1) is 0 Å². The van der Waals surface area contributed by atoms with E-state index < -0.39 is 0 Å². The number of nitrogens with one attached hydrogen (secondary N) is 1. The fraction of sp³-hybridized carbons (Fsp3) is 0. The van der Waals surface area contributed by atoms with Crippen molar-refractivity contribution in [2.75, 3.05) is 0 Å². The van der Waals surface area contributed by atoms with Crippen LogP contribution in [-0.2, 0) is 0 Å². The molecule has 0 unspecified atom stereocenters. The number of H-pyrrole nitrogens is 1. The third-order valence-electron chi connectivity index (χ3n) is 11.9. The Morgan fingerprint density at radius 1 is 0.361 bits per heavy atom. The predicted octanol–water partition coefficient (Wildman–Crippen LogP) is 15.7. The number of benzene rings is 9. The van der Waals surface area contributed by atoms with Gasteiger partial charge >= 0.3 is 0 Å². The molecule has 0 atom stereocenters. The average molecular weight is 817 g/mol. The summed E-state index contributed by atoms with van der Waals surface area (Å²) in [5.41, 5.74) is 13.5. The molecule has 61 heavy (non-hydrogen) atoms. The molecule has 0 spiro atoms. The lowest BCUT2D eigenvalue weighted by atomic mass is 9.97. The molecule has 286 valence electrons. The molecular formula is C55H33ClN4S. The zero-order valence-corrected chi connectivity index (χ0v) is 34.2. The highest BCUT2D eigenvalue weighted by atomic mass is 35.5. The van der Waals surface area contributed by atoms with Crippen molar-refractivity contribution in [1.29, 1.82) is 0 Å². The monoisotopic (exact) mass is 816 g/mol. The molecule has 0 saturated carbocycles. The van der Waals surface area contributed by atoms with Gasteiger partial charge in [0.05, 0.1) is 11.0 Å². The first-order chi connectivity index (χ1) is 30.1. The van der Waals surface area contributed by atoms with E-state index in [4.69, 9.17) is 16.6 Å². The lowest BCUT2D eigenvalue weighted by Gasteiger charge is -2.09. The topological polar surface area (TPSA) is 54.5 Å². The third-order valence-corrected chi connectivity index (χ3v) is 13.2. The van der Waals surface area contributed by atoms with Gasteiger partial charge in [0.1, 0.15) is 0 Å². The molecule has 0 amide bonds. The van der Waals surface area contributed by atoms with Gasteiger partial charge in [-0.2, -0.15) is 9.97 Å². The van der Waals surface area contributed by atoms with Crippen LogP contribution in [0.1, 0.15) is 0 Å². The van der Waals surface area contributed by atoms with Crippen molar-refractivity contribution in [3.63, 3.8) is 0 Å². The number of aromatic nitrogens is 4. The van der Waals surface area contributed by atoms with Gasteiger partial charge in [0.25, 0.3) is 0 Å². The van der Waals surface area contributed by atoms with Crippen LogP contribution in [0.5, 0.6) is 0 Å². The summed E-state index contributed by atoms with van der Waals surface area (Å²) in [6.45, 7) is 0. The van der Waals surface area contributed by atoms with E-state index in [2.05, 4.69) is 179 Å². The maximum Gasteiger partial charge on any atom is 0.226 e. The first-order valence-corrected chi connectivity index (χ1v) is 21.5. The SMILES string of the molecule is Clc1nc(-c2ccc(-c3ccccc3)cc2)nc(-c2ccc(-c3cccc(-c4cccc5c4sc4cc(-c6cccc7c6[nH]c6c8ccccc8ccc76)ccc45)c3)cc2)n1. The van der Waals surface area contributed by atoms with E-state index in [0.717, 1.165) is 33.4 Å². The molecular weight excluding hydrogens is 784 g/mol.